The lowest BCUT2D eigenvalue weighted by molar-refractivity contribution is -0.125. The Morgan fingerprint density at radius 3 is 1.58 bits per heavy atom. The number of likely N-dealkylation sites (N-methyl/N-ethyl adjacent to an activating group) is 2. The van der Waals surface area contributed by atoms with Crippen LogP contribution in [-0.4, -0.2) is 158 Å². The highest BCUT2D eigenvalue weighted by atomic mass is 35.5. The second kappa shape index (κ2) is 21.7. The van der Waals surface area contributed by atoms with Crippen molar-refractivity contribution in [1.29, 1.82) is 0 Å². The average molecular weight is 973 g/mol. The summed E-state index contributed by atoms with van der Waals surface area (Å²) in [4.78, 5) is 57.3. The van der Waals surface area contributed by atoms with Crippen molar-refractivity contribution in [3.63, 3.8) is 0 Å². The van der Waals surface area contributed by atoms with Gasteiger partial charge in [0.05, 0.1) is 59.9 Å². The molecule has 6 aromatic rings. The molecule has 8 heterocycles. The predicted molar refractivity (Wildman–Crippen MR) is 257 cm³/mol. The van der Waals surface area contributed by atoms with Gasteiger partial charge in [0.25, 0.3) is 0 Å². The van der Waals surface area contributed by atoms with Gasteiger partial charge in [0, 0.05) is 72.0 Å². The molecule has 18 nitrogen and oxygen atoms in total. The highest BCUT2D eigenvalue weighted by Gasteiger charge is 2.29. The van der Waals surface area contributed by atoms with E-state index in [1.54, 1.807) is 35.9 Å². The van der Waals surface area contributed by atoms with E-state index in [4.69, 9.17) is 11.6 Å². The summed E-state index contributed by atoms with van der Waals surface area (Å²) in [5.74, 6) is -3.41. The first kappa shape index (κ1) is 48.7. The van der Waals surface area contributed by atoms with Crippen molar-refractivity contribution < 1.29 is 27.2 Å². The van der Waals surface area contributed by atoms with Gasteiger partial charge in [0.15, 0.2) is 34.6 Å². The van der Waals surface area contributed by atoms with Crippen LogP contribution in [0.4, 0.5) is 52.2 Å². The summed E-state index contributed by atoms with van der Waals surface area (Å²) in [6.07, 6.45) is 10.7. The first-order chi connectivity index (χ1) is 33.3. The fourth-order valence-corrected chi connectivity index (χ4v) is 8.58. The number of carbonyl (C=O) groups excluding carboxylic acids is 2. The average Bonchev–Trinajstić information content (AvgIpc) is 4.21. The van der Waals surface area contributed by atoms with Crippen LogP contribution in [0.5, 0.6) is 0 Å². The third-order valence-electron chi connectivity index (χ3n) is 12.6. The zero-order valence-corrected chi connectivity index (χ0v) is 39.0. The summed E-state index contributed by atoms with van der Waals surface area (Å²) in [5, 5.41) is 8.45. The molecule has 10 rings (SSSR count). The SMILES string of the molecule is C=CC(=O)Cl.C=CC(=O)N1CCC(n2cnc3cnc(Nc4ccc(N5CCN(C)CC5)c(F)c4F)nc32)C1.CN1CCN(c2ccc(Nc3ncc4ncn(C5CCNC5)c4n3)c(F)c2F)CC1. The van der Waals surface area contributed by atoms with Gasteiger partial charge in [-0.3, -0.25) is 9.59 Å². The fraction of sp³-hybridized carbons (Fsp3) is 0.391. The number of halogens is 5. The van der Waals surface area contributed by atoms with Crippen LogP contribution in [-0.2, 0) is 9.59 Å². The van der Waals surface area contributed by atoms with Crippen molar-refractivity contribution in [1.82, 2.24) is 59.1 Å². The molecular weight excluding hydrogens is 920 g/mol. The number of aromatic nitrogens is 8. The third-order valence-corrected chi connectivity index (χ3v) is 12.7. The van der Waals surface area contributed by atoms with Crippen LogP contribution >= 0.6 is 11.6 Å². The molecule has 364 valence electrons. The Morgan fingerprint density at radius 2 is 1.14 bits per heavy atom. The van der Waals surface area contributed by atoms with Gasteiger partial charge in [0.2, 0.25) is 23.0 Å². The molecule has 4 aliphatic heterocycles. The molecule has 0 bridgehead atoms. The number of hydrogen-bond acceptors (Lipinski definition) is 15. The maximum atomic E-state index is 14.9. The predicted octanol–water partition coefficient (Wildman–Crippen LogP) is 5.63. The van der Waals surface area contributed by atoms with Crippen molar-refractivity contribution in [2.75, 3.05) is 113 Å². The maximum absolute atomic E-state index is 14.9. The first-order valence-electron chi connectivity index (χ1n) is 22.5. The number of piperazine rings is 2. The van der Waals surface area contributed by atoms with Gasteiger partial charge in [-0.1, -0.05) is 13.2 Å². The monoisotopic (exact) mass is 972 g/mol. The van der Waals surface area contributed by atoms with Gasteiger partial charge in [-0.15, -0.1) is 0 Å². The number of nitrogens with one attached hydrogen (secondary N) is 3. The number of likely N-dealkylation sites (tertiary alicyclic amines) is 1. The number of hydrogen-bond donors (Lipinski definition) is 3. The van der Waals surface area contributed by atoms with Gasteiger partial charge >= 0.3 is 0 Å². The maximum Gasteiger partial charge on any atom is 0.246 e. The van der Waals surface area contributed by atoms with Crippen molar-refractivity contribution in [2.24, 2.45) is 0 Å². The molecular formula is C46H53ClF4N16O2. The lowest BCUT2D eigenvalue weighted by atomic mass is 10.2. The fourth-order valence-electron chi connectivity index (χ4n) is 8.58. The van der Waals surface area contributed by atoms with E-state index in [-0.39, 0.29) is 52.6 Å². The molecule has 2 aromatic carbocycles. The number of carbonyl (C=O) groups is 2. The van der Waals surface area contributed by atoms with Crippen LogP contribution in [0.25, 0.3) is 22.3 Å². The zero-order valence-electron chi connectivity index (χ0n) is 38.3. The van der Waals surface area contributed by atoms with Crippen LogP contribution in [0.3, 0.4) is 0 Å². The summed E-state index contributed by atoms with van der Waals surface area (Å²) >= 11 is 4.71. The molecule has 0 radical (unpaired) electrons. The first-order valence-corrected chi connectivity index (χ1v) is 22.9. The highest BCUT2D eigenvalue weighted by molar-refractivity contribution is 6.66. The van der Waals surface area contributed by atoms with Crippen molar-refractivity contribution in [3.05, 3.63) is 97.9 Å². The summed E-state index contributed by atoms with van der Waals surface area (Å²) in [6, 6.07) is 6.52. The molecule has 4 fully saturated rings. The lowest BCUT2D eigenvalue weighted by Gasteiger charge is -2.34. The highest BCUT2D eigenvalue weighted by Crippen LogP contribution is 2.32. The third kappa shape index (κ3) is 11.1. The van der Waals surface area contributed by atoms with E-state index in [0.29, 0.717) is 61.6 Å². The van der Waals surface area contributed by atoms with E-state index < -0.39 is 28.5 Å². The Bertz CT molecular complexity index is 2820. The largest absolute Gasteiger partial charge is 0.367 e. The van der Waals surface area contributed by atoms with E-state index in [0.717, 1.165) is 58.2 Å². The standard InChI is InChI=1S/C23H26F2N8O.C20H24F2N8.C3H3ClO/c1-3-19(34)32-7-6-15(13-32)33-14-27-17-12-26-23(29-22(17)33)28-16-4-5-18(21(25)20(16)24)31-10-8-30(2)9-11-31;1-28-6-8-29(9-7-28)16-3-2-14(17(21)18(16)22)26-20-24-11-15-19(27-20)30(12-25-15)13-4-5-23-10-13;1-2-3(4)5/h3-5,12,14-15H,1,6-11,13H2,2H3,(H,26,28,29);2-3,11-13,23H,4-10H2,1H3,(H,24,26,27);2H,1H2. The molecule has 0 spiro atoms. The normalized spacial score (nSPS) is 18.7. The van der Waals surface area contributed by atoms with E-state index in [1.165, 1.54) is 24.4 Å². The Balaban J connectivity index is 0.000000171. The molecule has 2 unspecified atom stereocenters. The van der Waals surface area contributed by atoms with Crippen molar-refractivity contribution in [3.8, 4) is 0 Å². The van der Waals surface area contributed by atoms with E-state index in [9.17, 15) is 27.2 Å². The summed E-state index contributed by atoms with van der Waals surface area (Å²) in [7, 11) is 4.03. The Morgan fingerprint density at radius 1 is 0.667 bits per heavy atom. The molecule has 69 heavy (non-hydrogen) atoms. The molecule has 23 heteroatoms. The number of fused-ring (bicyclic) bond motifs is 2. The zero-order chi connectivity index (χ0) is 48.8. The Labute approximate surface area is 400 Å². The van der Waals surface area contributed by atoms with Gasteiger partial charge in [0.1, 0.15) is 11.0 Å². The van der Waals surface area contributed by atoms with Crippen molar-refractivity contribution >= 4 is 79.7 Å². The van der Waals surface area contributed by atoms with Gasteiger partial charge in [-0.05, 0) is 81.5 Å². The molecule has 0 aliphatic carbocycles. The number of nitrogens with zero attached hydrogens (tertiary/aromatic N) is 13. The number of anilines is 6. The minimum atomic E-state index is -0.969. The Kier molecular flexibility index (Phi) is 15.3. The molecule has 4 saturated heterocycles. The van der Waals surface area contributed by atoms with Gasteiger partial charge < -0.3 is 49.6 Å². The minimum absolute atomic E-state index is 0.00806. The molecule has 4 aromatic heterocycles. The van der Waals surface area contributed by atoms with E-state index in [1.807, 2.05) is 33.0 Å². The number of allylic oxidation sites excluding steroid dienone is 1. The molecule has 3 N–H and O–H groups in total. The van der Waals surface area contributed by atoms with Crippen LogP contribution in [0.2, 0.25) is 0 Å². The number of imidazole rings is 2. The second-order valence-electron chi connectivity index (χ2n) is 17.0. The molecule has 2 atom stereocenters. The van der Waals surface area contributed by atoms with Crippen LogP contribution in [0.1, 0.15) is 24.9 Å². The topological polar surface area (TPSA) is 174 Å². The van der Waals surface area contributed by atoms with Crippen LogP contribution in [0, 0.1) is 23.3 Å². The van der Waals surface area contributed by atoms with Crippen LogP contribution < -0.4 is 25.8 Å². The van der Waals surface area contributed by atoms with Crippen LogP contribution in [0.15, 0.2) is 74.6 Å². The summed E-state index contributed by atoms with van der Waals surface area (Å²) < 4.78 is 63.3. The van der Waals surface area contributed by atoms with E-state index >= 15 is 0 Å². The van der Waals surface area contributed by atoms with Gasteiger partial charge in [-0.2, -0.15) is 9.97 Å². The number of amides is 1. The Hall–Kier alpha value is -6.75. The van der Waals surface area contributed by atoms with E-state index in [2.05, 4.69) is 68.8 Å². The number of rotatable bonds is 10. The summed E-state index contributed by atoms with van der Waals surface area (Å²) in [5.41, 5.74) is 3.00. The molecule has 0 saturated carbocycles. The number of benzene rings is 2. The molecule has 1 amide bonds. The minimum Gasteiger partial charge on any atom is -0.367 e. The van der Waals surface area contributed by atoms with Crippen molar-refractivity contribution in [2.45, 2.75) is 24.9 Å². The quantitative estimate of drug-likeness (QED) is 0.0876. The molecule has 4 aliphatic rings. The second-order valence-corrected chi connectivity index (χ2v) is 17.4. The lowest BCUT2D eigenvalue weighted by Crippen LogP contribution is -2.44. The van der Waals surface area contributed by atoms with Gasteiger partial charge in [-0.25, -0.2) is 37.5 Å². The summed E-state index contributed by atoms with van der Waals surface area (Å²) in [6.45, 7) is 15.4. The smallest absolute Gasteiger partial charge is 0.246 e.